The second-order valence-electron chi connectivity index (χ2n) is 4.55. The minimum Gasteiger partial charge on any atom is -0.303 e. The van der Waals surface area contributed by atoms with Crippen LogP contribution in [0.5, 0.6) is 0 Å². The van der Waals surface area contributed by atoms with E-state index in [4.69, 9.17) is 0 Å². The lowest BCUT2D eigenvalue weighted by atomic mass is 10.00. The van der Waals surface area contributed by atoms with E-state index in [2.05, 4.69) is 6.92 Å². The molecule has 0 aliphatic carbocycles. The van der Waals surface area contributed by atoms with Gasteiger partial charge in [-0.1, -0.05) is 57.2 Å². The highest BCUT2D eigenvalue weighted by atomic mass is 28.3. The molecule has 1 aliphatic rings. The Morgan fingerprint density at radius 1 is 1.29 bits per heavy atom. The largest absolute Gasteiger partial charge is 0.303 e. The van der Waals surface area contributed by atoms with E-state index in [1.165, 1.54) is 50.2 Å². The first kappa shape index (κ1) is 12.0. The second-order valence-corrected chi connectivity index (χ2v) is 7.55. The third-order valence-electron chi connectivity index (χ3n) is 3.38. The molecule has 1 radical (unpaired) electrons. The molecular weight excluding hydrogens is 188 g/mol. The molecule has 0 aromatic heterocycles. The topological polar surface area (TPSA) is 17.1 Å². The zero-order valence-electron chi connectivity index (χ0n) is 9.43. The van der Waals surface area contributed by atoms with Gasteiger partial charge < -0.3 is 4.79 Å². The van der Waals surface area contributed by atoms with Gasteiger partial charge in [0.15, 0.2) is 0 Å². The summed E-state index contributed by atoms with van der Waals surface area (Å²) in [6.07, 6.45) is 8.86. The number of carbonyl (C=O) groups is 1. The first-order valence-corrected chi connectivity index (χ1v) is 8.26. The standard InChI is InChI=1S/C12H23OSi/c1-2-3-4-9-14-10-6-12(5-8-13)7-11-14/h8,12H,2-7,9-11H2,1H3. The van der Waals surface area contributed by atoms with E-state index in [1.54, 1.807) is 0 Å². The van der Waals surface area contributed by atoms with Crippen LogP contribution in [0.25, 0.3) is 0 Å². The SMILES string of the molecule is CCCCC[Si]1CCC(CC=O)CC1. The van der Waals surface area contributed by atoms with Crippen molar-refractivity contribution in [2.75, 3.05) is 0 Å². The van der Waals surface area contributed by atoms with Crippen LogP contribution >= 0.6 is 0 Å². The van der Waals surface area contributed by atoms with Crippen LogP contribution in [0, 0.1) is 5.92 Å². The smallest absolute Gasteiger partial charge is 0.120 e. The highest BCUT2D eigenvalue weighted by Gasteiger charge is 2.21. The van der Waals surface area contributed by atoms with Crippen molar-refractivity contribution in [2.24, 2.45) is 5.92 Å². The van der Waals surface area contributed by atoms with Crippen molar-refractivity contribution in [1.29, 1.82) is 0 Å². The quantitative estimate of drug-likeness (QED) is 0.372. The molecule has 2 heteroatoms. The molecule has 1 saturated heterocycles. The lowest BCUT2D eigenvalue weighted by Gasteiger charge is -2.26. The molecule has 0 aromatic carbocycles. The van der Waals surface area contributed by atoms with E-state index in [0.717, 1.165) is 18.6 Å². The maximum Gasteiger partial charge on any atom is 0.120 e. The fourth-order valence-corrected chi connectivity index (χ4v) is 5.47. The molecule has 14 heavy (non-hydrogen) atoms. The Morgan fingerprint density at radius 3 is 2.57 bits per heavy atom. The summed E-state index contributed by atoms with van der Waals surface area (Å²) in [5, 5.41) is 0. The third-order valence-corrected chi connectivity index (χ3v) is 6.43. The number of rotatable bonds is 6. The predicted molar refractivity (Wildman–Crippen MR) is 63.1 cm³/mol. The Kier molecular flexibility index (Phi) is 6.16. The molecule has 0 aromatic rings. The van der Waals surface area contributed by atoms with Crippen molar-refractivity contribution in [3.8, 4) is 0 Å². The Bertz CT molecular complexity index is 150. The van der Waals surface area contributed by atoms with E-state index in [-0.39, 0.29) is 8.80 Å². The average Bonchev–Trinajstić information content (AvgIpc) is 2.21. The summed E-state index contributed by atoms with van der Waals surface area (Å²) in [4.78, 5) is 10.4. The van der Waals surface area contributed by atoms with Gasteiger partial charge in [0.25, 0.3) is 0 Å². The fraction of sp³-hybridized carbons (Fsp3) is 0.917. The van der Waals surface area contributed by atoms with Crippen LogP contribution in [0.3, 0.4) is 0 Å². The van der Waals surface area contributed by atoms with Gasteiger partial charge in [-0.3, -0.25) is 0 Å². The highest BCUT2D eigenvalue weighted by molar-refractivity contribution is 6.58. The van der Waals surface area contributed by atoms with Gasteiger partial charge in [-0.25, -0.2) is 0 Å². The molecule has 0 unspecified atom stereocenters. The molecule has 0 spiro atoms. The Hall–Kier alpha value is -0.113. The molecule has 1 aliphatic heterocycles. The van der Waals surface area contributed by atoms with Crippen molar-refractivity contribution in [2.45, 2.75) is 63.6 Å². The molecule has 1 rings (SSSR count). The van der Waals surface area contributed by atoms with E-state index in [9.17, 15) is 4.79 Å². The normalized spacial score (nSPS) is 19.8. The van der Waals surface area contributed by atoms with Crippen LogP contribution in [-0.2, 0) is 4.79 Å². The second kappa shape index (κ2) is 7.21. The minimum atomic E-state index is 0.0131. The van der Waals surface area contributed by atoms with E-state index in [1.807, 2.05) is 0 Å². The van der Waals surface area contributed by atoms with Crippen molar-refractivity contribution in [3.63, 3.8) is 0 Å². The number of aldehydes is 1. The monoisotopic (exact) mass is 211 g/mol. The van der Waals surface area contributed by atoms with Crippen molar-refractivity contribution >= 4 is 15.1 Å². The summed E-state index contributed by atoms with van der Waals surface area (Å²) in [6.45, 7) is 2.28. The summed E-state index contributed by atoms with van der Waals surface area (Å²) in [5.74, 6) is 0.743. The van der Waals surface area contributed by atoms with Crippen molar-refractivity contribution < 1.29 is 4.79 Å². The van der Waals surface area contributed by atoms with Gasteiger partial charge in [0.05, 0.1) is 0 Å². The molecule has 81 valence electrons. The van der Waals surface area contributed by atoms with Crippen LogP contribution < -0.4 is 0 Å². The Morgan fingerprint density at radius 2 is 2.00 bits per heavy atom. The number of carbonyl (C=O) groups excluding carboxylic acids is 1. The van der Waals surface area contributed by atoms with Gasteiger partial charge in [-0.15, -0.1) is 0 Å². The van der Waals surface area contributed by atoms with Gasteiger partial charge >= 0.3 is 0 Å². The summed E-state index contributed by atoms with van der Waals surface area (Å²) < 4.78 is 0. The zero-order valence-corrected chi connectivity index (χ0v) is 10.4. The van der Waals surface area contributed by atoms with Gasteiger partial charge in [-0.05, 0) is 5.92 Å². The van der Waals surface area contributed by atoms with Gasteiger partial charge in [0.1, 0.15) is 6.29 Å². The summed E-state index contributed by atoms with van der Waals surface area (Å²) in [5.41, 5.74) is 0. The third kappa shape index (κ3) is 4.40. The molecule has 0 N–H and O–H groups in total. The summed E-state index contributed by atoms with van der Waals surface area (Å²) in [7, 11) is 0.0131. The Labute approximate surface area is 89.9 Å². The molecule has 0 saturated carbocycles. The zero-order chi connectivity index (χ0) is 10.2. The molecule has 0 amide bonds. The maximum absolute atomic E-state index is 10.4. The highest BCUT2D eigenvalue weighted by Crippen LogP contribution is 2.29. The Balaban J connectivity index is 2.06. The fourth-order valence-electron chi connectivity index (χ4n) is 2.33. The lowest BCUT2D eigenvalue weighted by Crippen LogP contribution is -2.21. The number of hydrogen-bond acceptors (Lipinski definition) is 1. The summed E-state index contributed by atoms with van der Waals surface area (Å²) in [6, 6.07) is 4.49. The van der Waals surface area contributed by atoms with Crippen LogP contribution in [0.15, 0.2) is 0 Å². The molecule has 0 bridgehead atoms. The van der Waals surface area contributed by atoms with Crippen LogP contribution in [0.2, 0.25) is 18.1 Å². The van der Waals surface area contributed by atoms with E-state index < -0.39 is 0 Å². The molecular formula is C12H23OSi. The summed E-state index contributed by atoms with van der Waals surface area (Å²) >= 11 is 0. The van der Waals surface area contributed by atoms with Gasteiger partial charge in [0.2, 0.25) is 0 Å². The molecule has 1 nitrogen and oxygen atoms in total. The average molecular weight is 211 g/mol. The van der Waals surface area contributed by atoms with E-state index >= 15 is 0 Å². The van der Waals surface area contributed by atoms with Gasteiger partial charge in [0, 0.05) is 15.2 Å². The van der Waals surface area contributed by atoms with Crippen molar-refractivity contribution in [1.82, 2.24) is 0 Å². The molecule has 1 heterocycles. The van der Waals surface area contributed by atoms with Gasteiger partial charge in [-0.2, -0.15) is 0 Å². The first-order chi connectivity index (χ1) is 6.86. The molecule has 0 atom stereocenters. The minimum absolute atomic E-state index is 0.0131. The number of hydrogen-bond donors (Lipinski definition) is 0. The number of unbranched alkanes of at least 4 members (excludes halogenated alkanes) is 2. The first-order valence-electron chi connectivity index (χ1n) is 6.14. The van der Waals surface area contributed by atoms with Crippen LogP contribution in [0.4, 0.5) is 0 Å². The van der Waals surface area contributed by atoms with Crippen molar-refractivity contribution in [3.05, 3.63) is 0 Å². The van der Waals surface area contributed by atoms with Crippen LogP contribution in [0.1, 0.15) is 45.4 Å². The van der Waals surface area contributed by atoms with Crippen LogP contribution in [-0.4, -0.2) is 15.1 Å². The van der Waals surface area contributed by atoms with E-state index in [0.29, 0.717) is 0 Å². The predicted octanol–water partition coefficient (Wildman–Crippen LogP) is 3.67. The lowest BCUT2D eigenvalue weighted by molar-refractivity contribution is -0.108. The maximum atomic E-state index is 10.4. The molecule has 1 fully saturated rings.